The lowest BCUT2D eigenvalue weighted by Crippen LogP contribution is -2.20. The van der Waals surface area contributed by atoms with Gasteiger partial charge in [0.25, 0.3) is 0 Å². The summed E-state index contributed by atoms with van der Waals surface area (Å²) in [6.45, 7) is 19.0. The summed E-state index contributed by atoms with van der Waals surface area (Å²) >= 11 is 0. The molecule has 2 unspecified atom stereocenters. The molecule has 4 nitrogen and oxygen atoms in total. The van der Waals surface area contributed by atoms with E-state index in [-0.39, 0.29) is 24.1 Å². The number of allylic oxidation sites excluding steroid dienone is 3. The third kappa shape index (κ3) is 8.50. The Kier molecular flexibility index (Phi) is 10.9. The molecule has 0 bridgehead atoms. The Balaban J connectivity index is 4.54. The van der Waals surface area contributed by atoms with Crippen molar-refractivity contribution in [2.45, 2.75) is 93.3 Å². The summed E-state index contributed by atoms with van der Waals surface area (Å²) < 4.78 is 10.9. The summed E-state index contributed by atoms with van der Waals surface area (Å²) in [5, 5.41) is 0. The summed E-state index contributed by atoms with van der Waals surface area (Å²) in [4.78, 5) is 23.9. The van der Waals surface area contributed by atoms with E-state index in [4.69, 9.17) is 9.47 Å². The van der Waals surface area contributed by atoms with Gasteiger partial charge in [-0.2, -0.15) is 0 Å². The van der Waals surface area contributed by atoms with Crippen molar-refractivity contribution in [2.24, 2.45) is 0 Å². The Morgan fingerprint density at radius 1 is 0.846 bits per heavy atom. The lowest BCUT2D eigenvalue weighted by molar-refractivity contribution is -0.144. The van der Waals surface area contributed by atoms with Gasteiger partial charge in [0.2, 0.25) is 0 Å². The van der Waals surface area contributed by atoms with Crippen molar-refractivity contribution in [3.8, 4) is 0 Å². The molecule has 0 N–H and O–H groups in total. The first kappa shape index (κ1) is 24.2. The fraction of sp³-hybridized carbons (Fsp3) is 0.636. The molecule has 0 radical (unpaired) electrons. The highest BCUT2D eigenvalue weighted by atomic mass is 16.5. The molecule has 0 heterocycles. The maximum Gasteiger partial charge on any atom is 0.334 e. The Morgan fingerprint density at radius 3 is 1.88 bits per heavy atom. The molecule has 0 saturated carbocycles. The van der Waals surface area contributed by atoms with Crippen LogP contribution in [-0.4, -0.2) is 24.1 Å². The maximum atomic E-state index is 12.3. The van der Waals surface area contributed by atoms with Crippen LogP contribution < -0.4 is 0 Å². The number of esters is 2. The van der Waals surface area contributed by atoms with E-state index in [0.717, 1.165) is 36.8 Å². The summed E-state index contributed by atoms with van der Waals surface area (Å²) in [5.74, 6) is -0.612. The third-order valence-electron chi connectivity index (χ3n) is 4.70. The molecule has 0 aliphatic rings. The van der Waals surface area contributed by atoms with Crippen molar-refractivity contribution in [1.29, 1.82) is 0 Å². The van der Waals surface area contributed by atoms with Gasteiger partial charge in [-0.1, -0.05) is 19.1 Å². The van der Waals surface area contributed by atoms with Gasteiger partial charge in [-0.05, 0) is 85.3 Å². The van der Waals surface area contributed by atoms with E-state index >= 15 is 0 Å². The molecule has 0 aromatic rings. The van der Waals surface area contributed by atoms with E-state index in [0.29, 0.717) is 11.1 Å². The first-order valence-corrected chi connectivity index (χ1v) is 9.40. The fourth-order valence-corrected chi connectivity index (χ4v) is 2.37. The number of hydrogen-bond acceptors (Lipinski definition) is 4. The largest absolute Gasteiger partial charge is 0.459 e. The van der Waals surface area contributed by atoms with Crippen LogP contribution in [0.3, 0.4) is 0 Å². The zero-order valence-electron chi connectivity index (χ0n) is 17.8. The second kappa shape index (κ2) is 11.7. The SMILES string of the molecule is C=C(C)C(=O)OC(CC)CCCC(C)OC(=O)/C(C)=C(\C)C(C)=C(C)C. The lowest BCUT2D eigenvalue weighted by Gasteiger charge is -2.18. The zero-order chi connectivity index (χ0) is 20.4. The van der Waals surface area contributed by atoms with E-state index in [1.807, 2.05) is 41.5 Å². The van der Waals surface area contributed by atoms with Crippen LogP contribution in [0, 0.1) is 0 Å². The Labute approximate surface area is 159 Å². The minimum Gasteiger partial charge on any atom is -0.459 e. The van der Waals surface area contributed by atoms with Crippen LogP contribution in [0.4, 0.5) is 0 Å². The quantitative estimate of drug-likeness (QED) is 0.284. The van der Waals surface area contributed by atoms with Crippen LogP contribution in [-0.2, 0) is 19.1 Å². The van der Waals surface area contributed by atoms with E-state index in [1.165, 1.54) is 5.57 Å². The van der Waals surface area contributed by atoms with E-state index < -0.39 is 0 Å². The average Bonchev–Trinajstić information content (AvgIpc) is 2.58. The highest BCUT2D eigenvalue weighted by Gasteiger charge is 2.17. The Hall–Kier alpha value is -1.84. The van der Waals surface area contributed by atoms with Crippen molar-refractivity contribution in [2.75, 3.05) is 0 Å². The van der Waals surface area contributed by atoms with Gasteiger partial charge in [-0.3, -0.25) is 0 Å². The predicted molar refractivity (Wildman–Crippen MR) is 107 cm³/mol. The van der Waals surface area contributed by atoms with Gasteiger partial charge in [0.15, 0.2) is 0 Å². The molecular formula is C22H36O4. The molecule has 0 aliphatic heterocycles. The minimum atomic E-state index is -0.345. The van der Waals surface area contributed by atoms with Crippen LogP contribution >= 0.6 is 0 Å². The third-order valence-corrected chi connectivity index (χ3v) is 4.70. The van der Waals surface area contributed by atoms with Gasteiger partial charge in [0, 0.05) is 11.1 Å². The molecular weight excluding hydrogens is 328 g/mol. The van der Waals surface area contributed by atoms with E-state index in [2.05, 4.69) is 6.58 Å². The zero-order valence-corrected chi connectivity index (χ0v) is 17.8. The van der Waals surface area contributed by atoms with Crippen LogP contribution in [0.1, 0.15) is 81.1 Å². The molecule has 0 spiro atoms. The summed E-state index contributed by atoms with van der Waals surface area (Å²) in [6.07, 6.45) is 2.78. The van der Waals surface area contributed by atoms with Crippen LogP contribution in [0.15, 0.2) is 34.4 Å². The molecule has 0 saturated heterocycles. The highest BCUT2D eigenvalue weighted by Crippen LogP contribution is 2.19. The molecule has 0 aromatic heterocycles. The van der Waals surface area contributed by atoms with Gasteiger partial charge in [-0.15, -0.1) is 0 Å². The average molecular weight is 365 g/mol. The topological polar surface area (TPSA) is 52.6 Å². The maximum absolute atomic E-state index is 12.3. The molecule has 0 aromatic carbocycles. The highest BCUT2D eigenvalue weighted by molar-refractivity contribution is 5.89. The molecule has 0 fully saturated rings. The number of carbonyl (C=O) groups is 2. The summed E-state index contributed by atoms with van der Waals surface area (Å²) in [5.41, 5.74) is 4.35. The normalized spacial score (nSPS) is 14.0. The number of rotatable bonds is 10. The number of hydrogen-bond donors (Lipinski definition) is 0. The predicted octanol–water partition coefficient (Wildman–Crippen LogP) is 5.68. The molecule has 4 heteroatoms. The van der Waals surface area contributed by atoms with Crippen LogP contribution in [0.25, 0.3) is 0 Å². The fourth-order valence-electron chi connectivity index (χ4n) is 2.37. The van der Waals surface area contributed by atoms with E-state index in [1.54, 1.807) is 13.8 Å². The second-order valence-corrected chi connectivity index (χ2v) is 7.24. The van der Waals surface area contributed by atoms with Crippen molar-refractivity contribution < 1.29 is 19.1 Å². The Morgan fingerprint density at radius 2 is 1.42 bits per heavy atom. The monoisotopic (exact) mass is 364 g/mol. The molecule has 2 atom stereocenters. The van der Waals surface area contributed by atoms with Gasteiger partial charge in [0.05, 0.1) is 6.10 Å². The first-order chi connectivity index (χ1) is 12.0. The summed E-state index contributed by atoms with van der Waals surface area (Å²) in [7, 11) is 0. The van der Waals surface area contributed by atoms with Crippen molar-refractivity contribution in [3.05, 3.63) is 34.4 Å². The lowest BCUT2D eigenvalue weighted by atomic mass is 10.0. The smallest absolute Gasteiger partial charge is 0.334 e. The summed E-state index contributed by atoms with van der Waals surface area (Å²) in [6, 6.07) is 0. The van der Waals surface area contributed by atoms with Crippen molar-refractivity contribution in [3.63, 3.8) is 0 Å². The van der Waals surface area contributed by atoms with Gasteiger partial charge >= 0.3 is 11.9 Å². The number of ether oxygens (including phenoxy) is 2. The van der Waals surface area contributed by atoms with Crippen LogP contribution in [0.2, 0.25) is 0 Å². The van der Waals surface area contributed by atoms with Crippen molar-refractivity contribution >= 4 is 11.9 Å². The van der Waals surface area contributed by atoms with Gasteiger partial charge < -0.3 is 9.47 Å². The van der Waals surface area contributed by atoms with Crippen molar-refractivity contribution in [1.82, 2.24) is 0 Å². The molecule has 0 rings (SSSR count). The number of carbonyl (C=O) groups excluding carboxylic acids is 2. The van der Waals surface area contributed by atoms with Gasteiger partial charge in [0.1, 0.15) is 6.10 Å². The van der Waals surface area contributed by atoms with Gasteiger partial charge in [-0.25, -0.2) is 9.59 Å². The second-order valence-electron chi connectivity index (χ2n) is 7.24. The minimum absolute atomic E-state index is 0.119. The molecule has 0 amide bonds. The van der Waals surface area contributed by atoms with Crippen LogP contribution in [0.5, 0.6) is 0 Å². The molecule has 148 valence electrons. The first-order valence-electron chi connectivity index (χ1n) is 9.40. The standard InChI is InChI=1S/C22H36O4/c1-10-20(26-21(23)15(4)5)13-11-12-16(6)25-22(24)19(9)18(8)17(7)14(2)3/h16,20H,4,10-13H2,1-3,5-9H3/b19-18+. The molecule has 0 aliphatic carbocycles. The molecule has 26 heavy (non-hydrogen) atoms. The van der Waals surface area contributed by atoms with E-state index in [9.17, 15) is 9.59 Å². The Bertz CT molecular complexity index is 577.